The monoisotopic (exact) mass is 262 g/mol. The van der Waals surface area contributed by atoms with Crippen molar-refractivity contribution in [2.45, 2.75) is 11.3 Å². The van der Waals surface area contributed by atoms with Crippen LogP contribution < -0.4 is 5.73 Å². The van der Waals surface area contributed by atoms with Crippen LogP contribution in [0.4, 0.5) is 5.00 Å². The molecule has 0 saturated heterocycles. The summed E-state index contributed by atoms with van der Waals surface area (Å²) in [5, 5.41) is 0.778. The molecule has 0 amide bonds. The number of rotatable bonds is 4. The molecule has 0 aliphatic rings. The van der Waals surface area contributed by atoms with E-state index in [-0.39, 0.29) is 0 Å². The fraction of sp³-hybridized carbons (Fsp3) is 0.154. The highest BCUT2D eigenvalue weighted by atomic mass is 32.2. The summed E-state index contributed by atoms with van der Waals surface area (Å²) in [6.07, 6.45) is 1.87. The number of nitrogens with zero attached hydrogens (tertiary/aromatic N) is 1. The van der Waals surface area contributed by atoms with Crippen LogP contribution in [-0.4, -0.2) is 10.7 Å². The van der Waals surface area contributed by atoms with Gasteiger partial charge in [-0.2, -0.15) is 0 Å². The lowest BCUT2D eigenvalue weighted by Crippen LogP contribution is -1.85. The molecule has 4 heteroatoms. The molecule has 0 spiro atoms. The third kappa shape index (κ3) is 2.90. The number of hydrogen-bond donors (Lipinski definition) is 1. The molecule has 17 heavy (non-hydrogen) atoms. The van der Waals surface area contributed by atoms with Gasteiger partial charge in [-0.1, -0.05) is 59.0 Å². The van der Waals surface area contributed by atoms with E-state index in [1.54, 1.807) is 11.8 Å². The number of thioether (sulfide) groups is 1. The van der Waals surface area contributed by atoms with Crippen molar-refractivity contribution >= 4 is 28.1 Å². The van der Waals surface area contributed by atoms with Gasteiger partial charge < -0.3 is 5.73 Å². The second kappa shape index (κ2) is 5.38. The average Bonchev–Trinajstić information content (AvgIpc) is 2.69. The number of aryl methyl sites for hydroxylation is 1. The minimum atomic E-state index is 0.778. The van der Waals surface area contributed by atoms with Crippen molar-refractivity contribution < 1.29 is 0 Å². The largest absolute Gasteiger partial charge is 0.389 e. The van der Waals surface area contributed by atoms with Crippen molar-refractivity contribution in [2.24, 2.45) is 0 Å². The predicted molar refractivity (Wildman–Crippen MR) is 77.6 cm³/mol. The van der Waals surface area contributed by atoms with Gasteiger partial charge in [0.25, 0.3) is 0 Å². The molecule has 1 aromatic heterocycles. The molecule has 0 saturated carbocycles. The summed E-state index contributed by atoms with van der Waals surface area (Å²) < 4.78 is 0.998. The first-order chi connectivity index (χ1) is 8.20. The molecular formula is C13H14N2S2. The van der Waals surface area contributed by atoms with E-state index in [1.807, 2.05) is 6.08 Å². The van der Waals surface area contributed by atoms with E-state index < -0.39 is 0 Å². The molecule has 0 bridgehead atoms. The van der Waals surface area contributed by atoms with Crippen LogP contribution >= 0.6 is 23.1 Å². The number of nitrogen functional groups attached to an aromatic ring is 1. The van der Waals surface area contributed by atoms with Gasteiger partial charge in [-0.05, 0) is 6.92 Å². The van der Waals surface area contributed by atoms with Crippen molar-refractivity contribution in [1.29, 1.82) is 0 Å². The van der Waals surface area contributed by atoms with Crippen molar-refractivity contribution in [3.05, 3.63) is 42.5 Å². The quantitative estimate of drug-likeness (QED) is 0.669. The molecule has 2 nitrogen and oxygen atoms in total. The van der Waals surface area contributed by atoms with E-state index in [1.165, 1.54) is 16.9 Å². The maximum atomic E-state index is 6.00. The topological polar surface area (TPSA) is 38.9 Å². The Kier molecular flexibility index (Phi) is 3.86. The van der Waals surface area contributed by atoms with Gasteiger partial charge in [0.15, 0.2) is 4.34 Å². The van der Waals surface area contributed by atoms with Crippen LogP contribution in [-0.2, 0) is 0 Å². The Morgan fingerprint density at radius 3 is 2.76 bits per heavy atom. The van der Waals surface area contributed by atoms with Crippen LogP contribution in [0.25, 0.3) is 11.3 Å². The second-order valence-corrected chi connectivity index (χ2v) is 5.96. The van der Waals surface area contributed by atoms with E-state index >= 15 is 0 Å². The Labute approximate surface area is 110 Å². The van der Waals surface area contributed by atoms with Crippen molar-refractivity contribution in [3.63, 3.8) is 0 Å². The lowest BCUT2D eigenvalue weighted by molar-refractivity contribution is 1.25. The second-order valence-electron chi connectivity index (χ2n) is 3.66. The Balaban J connectivity index is 2.29. The van der Waals surface area contributed by atoms with Gasteiger partial charge in [0.1, 0.15) is 10.7 Å². The zero-order valence-corrected chi connectivity index (χ0v) is 11.3. The lowest BCUT2D eigenvalue weighted by atomic mass is 10.1. The van der Waals surface area contributed by atoms with E-state index in [9.17, 15) is 0 Å². The van der Waals surface area contributed by atoms with Gasteiger partial charge in [0.2, 0.25) is 0 Å². The van der Waals surface area contributed by atoms with Crippen molar-refractivity contribution in [3.8, 4) is 11.3 Å². The maximum absolute atomic E-state index is 6.00. The van der Waals surface area contributed by atoms with E-state index in [4.69, 9.17) is 5.73 Å². The SMILES string of the molecule is C=CCSc1nc(-c2ccc(C)cc2)c(N)s1. The summed E-state index contributed by atoms with van der Waals surface area (Å²) in [6, 6.07) is 8.26. The van der Waals surface area contributed by atoms with Gasteiger partial charge in [0, 0.05) is 11.3 Å². The zero-order chi connectivity index (χ0) is 12.3. The Morgan fingerprint density at radius 2 is 2.12 bits per heavy atom. The molecule has 0 unspecified atom stereocenters. The summed E-state index contributed by atoms with van der Waals surface area (Å²) in [5.41, 5.74) is 9.21. The van der Waals surface area contributed by atoms with Gasteiger partial charge in [-0.15, -0.1) is 6.58 Å². The fourth-order valence-electron chi connectivity index (χ4n) is 1.42. The molecule has 0 fully saturated rings. The summed E-state index contributed by atoms with van der Waals surface area (Å²) >= 11 is 3.20. The van der Waals surface area contributed by atoms with Crippen LogP contribution in [0.1, 0.15) is 5.56 Å². The summed E-state index contributed by atoms with van der Waals surface area (Å²) in [7, 11) is 0. The fourth-order valence-corrected chi connectivity index (χ4v) is 3.13. The van der Waals surface area contributed by atoms with E-state index in [0.29, 0.717) is 0 Å². The molecule has 0 atom stereocenters. The molecule has 2 rings (SSSR count). The van der Waals surface area contributed by atoms with Gasteiger partial charge in [0.05, 0.1) is 0 Å². The van der Waals surface area contributed by atoms with E-state index in [2.05, 4.69) is 42.8 Å². The van der Waals surface area contributed by atoms with Crippen LogP contribution in [0.15, 0.2) is 41.3 Å². The maximum Gasteiger partial charge on any atom is 0.152 e. The first-order valence-corrected chi connectivity index (χ1v) is 7.08. The Morgan fingerprint density at radius 1 is 1.41 bits per heavy atom. The minimum absolute atomic E-state index is 0.778. The van der Waals surface area contributed by atoms with Crippen LogP contribution in [0.5, 0.6) is 0 Å². The van der Waals surface area contributed by atoms with Gasteiger partial charge in [-0.25, -0.2) is 4.98 Å². The molecule has 0 aliphatic heterocycles. The predicted octanol–water partition coefficient (Wildman–Crippen LogP) is 3.98. The smallest absolute Gasteiger partial charge is 0.152 e. The van der Waals surface area contributed by atoms with E-state index in [0.717, 1.165) is 26.4 Å². The molecule has 0 aliphatic carbocycles. The third-order valence-electron chi connectivity index (χ3n) is 2.28. The number of thiazole rings is 1. The van der Waals surface area contributed by atoms with Crippen molar-refractivity contribution in [2.75, 3.05) is 11.5 Å². The molecule has 1 heterocycles. The molecule has 88 valence electrons. The number of anilines is 1. The summed E-state index contributed by atoms with van der Waals surface area (Å²) in [4.78, 5) is 4.56. The highest BCUT2D eigenvalue weighted by Gasteiger charge is 2.10. The molecule has 1 aromatic carbocycles. The highest BCUT2D eigenvalue weighted by Crippen LogP contribution is 2.35. The highest BCUT2D eigenvalue weighted by molar-refractivity contribution is 8.01. The third-order valence-corrected chi connectivity index (χ3v) is 4.31. The number of aromatic nitrogens is 1. The molecule has 2 N–H and O–H groups in total. The molecular weight excluding hydrogens is 248 g/mol. The number of hydrogen-bond acceptors (Lipinski definition) is 4. The number of benzene rings is 1. The average molecular weight is 262 g/mol. The van der Waals surface area contributed by atoms with Crippen molar-refractivity contribution in [1.82, 2.24) is 4.98 Å². The van der Waals surface area contributed by atoms with Crippen LogP contribution in [0.3, 0.4) is 0 Å². The first kappa shape index (κ1) is 12.2. The lowest BCUT2D eigenvalue weighted by Gasteiger charge is -1.98. The molecule has 0 radical (unpaired) electrons. The first-order valence-electron chi connectivity index (χ1n) is 5.27. The zero-order valence-electron chi connectivity index (χ0n) is 9.64. The summed E-state index contributed by atoms with van der Waals surface area (Å²) in [5.74, 6) is 0.861. The minimum Gasteiger partial charge on any atom is -0.389 e. The standard InChI is InChI=1S/C13H14N2S2/c1-3-8-16-13-15-11(12(14)17-13)10-6-4-9(2)5-7-10/h3-7H,1,8,14H2,2H3. The summed E-state index contributed by atoms with van der Waals surface area (Å²) in [6.45, 7) is 5.77. The van der Waals surface area contributed by atoms with Gasteiger partial charge in [-0.3, -0.25) is 0 Å². The Hall–Kier alpha value is -1.26. The Bertz CT molecular complexity index is 515. The van der Waals surface area contributed by atoms with Crippen LogP contribution in [0.2, 0.25) is 0 Å². The van der Waals surface area contributed by atoms with Gasteiger partial charge >= 0.3 is 0 Å². The van der Waals surface area contributed by atoms with Crippen LogP contribution in [0, 0.1) is 6.92 Å². The molecule has 2 aromatic rings. The number of nitrogens with two attached hydrogens (primary N) is 1. The normalized spacial score (nSPS) is 10.4.